The number of amides is 1. The molecule has 1 heterocycles. The molecule has 1 saturated carbocycles. The lowest BCUT2D eigenvalue weighted by Gasteiger charge is -2.43. The second kappa shape index (κ2) is 9.79. The number of Topliss-reactive ketones (excluding diaryl/α,β-unsaturated/α-hetero) is 1. The van der Waals surface area contributed by atoms with Crippen molar-refractivity contribution in [2.75, 3.05) is 20.3 Å². The van der Waals surface area contributed by atoms with Gasteiger partial charge in [0, 0.05) is 35.4 Å². The number of likely N-dealkylation sites (N-methyl/N-ethyl adjacent to an activating group) is 1. The highest BCUT2D eigenvalue weighted by Gasteiger charge is 2.49. The van der Waals surface area contributed by atoms with Gasteiger partial charge in [0.25, 0.3) is 6.29 Å². The Morgan fingerprint density at radius 2 is 1.88 bits per heavy atom. The molecule has 0 bridgehead atoms. The molecule has 176 valence electrons. The Labute approximate surface area is 194 Å². The van der Waals surface area contributed by atoms with Gasteiger partial charge in [-0.15, -0.1) is 0 Å². The predicted molar refractivity (Wildman–Crippen MR) is 119 cm³/mol. The van der Waals surface area contributed by atoms with Crippen LogP contribution in [0.3, 0.4) is 0 Å². The van der Waals surface area contributed by atoms with Crippen molar-refractivity contribution in [1.82, 2.24) is 4.90 Å². The summed E-state index contributed by atoms with van der Waals surface area (Å²) in [7, 11) is 1.54. The minimum absolute atomic E-state index is 0.0766. The molecule has 0 radical (unpaired) electrons. The molecule has 2 fully saturated rings. The number of hydrogen-bond donors (Lipinski definition) is 0. The lowest BCUT2D eigenvalue weighted by Crippen LogP contribution is -2.55. The highest BCUT2D eigenvalue weighted by molar-refractivity contribution is 6.31. The second-order valence-corrected chi connectivity index (χ2v) is 9.90. The van der Waals surface area contributed by atoms with Crippen molar-refractivity contribution < 1.29 is 28.6 Å². The molecule has 1 amide bonds. The molecule has 32 heavy (non-hydrogen) atoms. The summed E-state index contributed by atoms with van der Waals surface area (Å²) in [5.41, 5.74) is -0.875. The van der Waals surface area contributed by atoms with Crippen LogP contribution >= 0.6 is 11.6 Å². The highest BCUT2D eigenvalue weighted by atomic mass is 35.5. The summed E-state index contributed by atoms with van der Waals surface area (Å²) in [6, 6.07) is 7.07. The molecule has 1 aliphatic carbocycles. The van der Waals surface area contributed by atoms with Crippen LogP contribution in [-0.4, -0.2) is 49.3 Å². The quantitative estimate of drug-likeness (QED) is 0.429. The van der Waals surface area contributed by atoms with E-state index in [2.05, 4.69) is 0 Å². The van der Waals surface area contributed by atoms with Crippen LogP contribution in [-0.2, 0) is 29.3 Å². The monoisotopic (exact) mass is 465 g/mol. The van der Waals surface area contributed by atoms with Crippen molar-refractivity contribution in [3.05, 3.63) is 34.9 Å². The third-order valence-corrected chi connectivity index (χ3v) is 6.63. The Balaban J connectivity index is 1.79. The maximum atomic E-state index is 13.2. The van der Waals surface area contributed by atoms with Crippen molar-refractivity contribution in [3.63, 3.8) is 0 Å². The van der Waals surface area contributed by atoms with Crippen LogP contribution in [0.5, 0.6) is 0 Å². The molecule has 3 rings (SSSR count). The molecule has 2 aliphatic rings. The average Bonchev–Trinajstić information content (AvgIpc) is 2.72. The lowest BCUT2D eigenvalue weighted by molar-refractivity contribution is -0.188. The molecule has 0 spiro atoms. The van der Waals surface area contributed by atoms with Gasteiger partial charge in [0.2, 0.25) is 0 Å². The summed E-state index contributed by atoms with van der Waals surface area (Å²) in [4.78, 5) is 40.2. The minimum Gasteiger partial charge on any atom is -0.425 e. The third-order valence-electron chi connectivity index (χ3n) is 6.30. The van der Waals surface area contributed by atoms with Gasteiger partial charge in [-0.3, -0.25) is 14.5 Å². The number of rotatable bonds is 7. The summed E-state index contributed by atoms with van der Waals surface area (Å²) in [6.07, 6.45) is 0.734. The summed E-state index contributed by atoms with van der Waals surface area (Å²) in [5, 5.41) is 0.421. The Morgan fingerprint density at radius 1 is 1.19 bits per heavy atom. The molecule has 0 N–H and O–H groups in total. The first-order valence-electron chi connectivity index (χ1n) is 11.1. The fourth-order valence-electron chi connectivity index (χ4n) is 4.33. The molecule has 7 nitrogen and oxygen atoms in total. The number of carbonyl (C=O) groups excluding carboxylic acids is 3. The smallest absolute Gasteiger partial charge is 0.413 e. The summed E-state index contributed by atoms with van der Waals surface area (Å²) >= 11 is 6.46. The maximum Gasteiger partial charge on any atom is 0.413 e. The van der Waals surface area contributed by atoms with Gasteiger partial charge in [-0.1, -0.05) is 50.6 Å². The van der Waals surface area contributed by atoms with Gasteiger partial charge in [-0.2, -0.15) is 0 Å². The molecule has 1 aromatic rings. The fraction of sp³-hybridized carbons (Fsp3) is 0.625. The molecular formula is C24H32ClNO6. The van der Waals surface area contributed by atoms with E-state index < -0.39 is 23.9 Å². The summed E-state index contributed by atoms with van der Waals surface area (Å²) in [6.45, 7) is 6.55. The lowest BCUT2D eigenvalue weighted by atomic mass is 9.74. The molecule has 1 aromatic carbocycles. The number of benzene rings is 1. The molecule has 8 heteroatoms. The number of ether oxygens (including phenoxy) is 3. The summed E-state index contributed by atoms with van der Waals surface area (Å²) in [5.74, 6) is -0.785. The minimum atomic E-state index is -1.21. The fourth-order valence-corrected chi connectivity index (χ4v) is 4.62. The average molecular weight is 466 g/mol. The number of nitrogens with zero attached hydrogens (tertiary/aromatic N) is 1. The van der Waals surface area contributed by atoms with Gasteiger partial charge in [0.1, 0.15) is 5.54 Å². The van der Waals surface area contributed by atoms with Gasteiger partial charge in [-0.25, -0.2) is 4.79 Å². The van der Waals surface area contributed by atoms with Crippen molar-refractivity contribution in [1.29, 1.82) is 0 Å². The Kier molecular flexibility index (Phi) is 7.50. The molecule has 1 unspecified atom stereocenters. The van der Waals surface area contributed by atoms with E-state index in [4.69, 9.17) is 25.8 Å². The first kappa shape index (κ1) is 24.5. The third kappa shape index (κ3) is 4.94. The van der Waals surface area contributed by atoms with E-state index in [9.17, 15) is 14.4 Å². The van der Waals surface area contributed by atoms with Crippen LogP contribution in [0.25, 0.3) is 0 Å². The number of ketones is 1. The zero-order valence-corrected chi connectivity index (χ0v) is 19.9. The zero-order valence-electron chi connectivity index (χ0n) is 19.2. The first-order valence-corrected chi connectivity index (χ1v) is 11.5. The van der Waals surface area contributed by atoms with Crippen molar-refractivity contribution in [2.45, 2.75) is 64.7 Å². The normalized spacial score (nSPS) is 23.2. The number of esters is 1. The van der Waals surface area contributed by atoms with E-state index in [1.165, 1.54) is 4.90 Å². The SMILES string of the molecule is CC(C)C(OC(=O)CC1(C)COC1)OC(=O)N(C)[C@]1(c2ccccc2Cl)CCCCC1=O. The Hall–Kier alpha value is -2.12. The number of hydrogen-bond acceptors (Lipinski definition) is 6. The zero-order chi connectivity index (χ0) is 23.5. The predicted octanol–water partition coefficient (Wildman–Crippen LogP) is 4.70. The van der Waals surface area contributed by atoms with Crippen LogP contribution in [0.1, 0.15) is 58.4 Å². The van der Waals surface area contributed by atoms with E-state index in [1.807, 2.05) is 6.92 Å². The van der Waals surface area contributed by atoms with Gasteiger partial charge in [-0.05, 0) is 25.3 Å². The number of carbonyl (C=O) groups is 3. The van der Waals surface area contributed by atoms with E-state index in [1.54, 1.807) is 45.2 Å². The largest absolute Gasteiger partial charge is 0.425 e. The number of halogens is 1. The van der Waals surface area contributed by atoms with Crippen LogP contribution in [0.2, 0.25) is 5.02 Å². The van der Waals surface area contributed by atoms with Crippen LogP contribution in [0.4, 0.5) is 4.79 Å². The topological polar surface area (TPSA) is 82.1 Å². The molecule has 1 aliphatic heterocycles. The molecule has 2 atom stereocenters. The standard InChI is InChI=1S/C24H32ClNO6/c1-16(2)21(31-20(28)13-23(3)14-30-15-23)32-22(29)26(4)24(12-8-7-11-19(24)27)17-9-5-6-10-18(17)25/h5-6,9-10,16,21H,7-8,11-15H2,1-4H3/t21?,24-/m0/s1. The van der Waals surface area contributed by atoms with Crippen molar-refractivity contribution in [3.8, 4) is 0 Å². The molecule has 0 aromatic heterocycles. The van der Waals surface area contributed by atoms with Gasteiger partial charge < -0.3 is 14.2 Å². The van der Waals surface area contributed by atoms with Crippen LogP contribution in [0, 0.1) is 11.3 Å². The second-order valence-electron chi connectivity index (χ2n) is 9.50. The molecule has 1 saturated heterocycles. The maximum absolute atomic E-state index is 13.2. The van der Waals surface area contributed by atoms with Crippen LogP contribution in [0.15, 0.2) is 24.3 Å². The highest BCUT2D eigenvalue weighted by Crippen LogP contribution is 2.42. The Morgan fingerprint density at radius 3 is 2.44 bits per heavy atom. The Bertz CT molecular complexity index is 868. The van der Waals surface area contributed by atoms with Crippen molar-refractivity contribution in [2.24, 2.45) is 11.3 Å². The van der Waals surface area contributed by atoms with E-state index >= 15 is 0 Å². The van der Waals surface area contributed by atoms with Gasteiger partial charge in [0.15, 0.2) is 5.78 Å². The van der Waals surface area contributed by atoms with Gasteiger partial charge >= 0.3 is 12.1 Å². The van der Waals surface area contributed by atoms with Crippen molar-refractivity contribution >= 4 is 29.4 Å². The van der Waals surface area contributed by atoms with E-state index in [0.29, 0.717) is 36.6 Å². The first-order chi connectivity index (χ1) is 15.1. The molecular weight excluding hydrogens is 434 g/mol. The van der Waals surface area contributed by atoms with E-state index in [0.717, 1.165) is 12.8 Å². The van der Waals surface area contributed by atoms with Gasteiger partial charge in [0.05, 0.1) is 19.6 Å². The van der Waals surface area contributed by atoms with Crippen LogP contribution < -0.4 is 0 Å². The summed E-state index contributed by atoms with van der Waals surface area (Å²) < 4.78 is 16.3. The van der Waals surface area contributed by atoms with E-state index in [-0.39, 0.29) is 23.5 Å².